The van der Waals surface area contributed by atoms with Crippen LogP contribution < -0.4 is 10.6 Å². The van der Waals surface area contributed by atoms with Crippen molar-refractivity contribution in [2.24, 2.45) is 0 Å². The second-order valence-electron chi connectivity index (χ2n) is 7.08. The molecule has 1 heterocycles. The van der Waals surface area contributed by atoms with Crippen LogP contribution in [0.2, 0.25) is 0 Å². The summed E-state index contributed by atoms with van der Waals surface area (Å²) >= 11 is 0. The second-order valence-corrected chi connectivity index (χ2v) is 7.08. The van der Waals surface area contributed by atoms with E-state index in [1.807, 2.05) is 24.3 Å². The van der Waals surface area contributed by atoms with Crippen molar-refractivity contribution in [3.8, 4) is 5.75 Å². The molecule has 2 atom stereocenters. The summed E-state index contributed by atoms with van der Waals surface area (Å²) in [4.78, 5) is 0. The highest BCUT2D eigenvalue weighted by Crippen LogP contribution is 2.29. The summed E-state index contributed by atoms with van der Waals surface area (Å²) in [5, 5.41) is 16.0. The van der Waals surface area contributed by atoms with E-state index in [-0.39, 0.29) is 23.8 Å². The highest BCUT2D eigenvalue weighted by atomic mass is 19.1. The van der Waals surface area contributed by atoms with Gasteiger partial charge in [0.15, 0.2) is 6.17 Å². The Hall–Kier alpha value is -3.11. The minimum atomic E-state index is -0.254. The molecule has 1 aliphatic rings. The molecule has 28 heavy (non-hydrogen) atoms. The van der Waals surface area contributed by atoms with Gasteiger partial charge in [0.25, 0.3) is 0 Å². The van der Waals surface area contributed by atoms with Crippen molar-refractivity contribution in [1.82, 2.24) is 5.32 Å². The van der Waals surface area contributed by atoms with Gasteiger partial charge in [0.1, 0.15) is 17.6 Å². The molecule has 0 saturated heterocycles. The molecular weight excluding hydrogens is 351 g/mol. The second kappa shape index (κ2) is 7.87. The Balaban J connectivity index is 1.75. The minimum Gasteiger partial charge on any atom is -0.507 e. The standard InChI is InChI=1S/C24H23FN2O/c1-2-16-10-12-17(13-11-16)21-15-22(20-8-3-4-9-23(20)28)27-24(26-21)18-6-5-7-19(25)14-18/h3-15,22,24,26-28H,2H2,1H3/p+1. The number of phenols is 1. The van der Waals surface area contributed by atoms with Crippen molar-refractivity contribution in [3.05, 3.63) is 107 Å². The van der Waals surface area contributed by atoms with Crippen LogP contribution in [0.3, 0.4) is 0 Å². The van der Waals surface area contributed by atoms with Gasteiger partial charge in [-0.25, -0.2) is 4.39 Å². The number of quaternary nitrogens is 1. The Labute approximate surface area is 164 Å². The predicted molar refractivity (Wildman–Crippen MR) is 109 cm³/mol. The Morgan fingerprint density at radius 2 is 1.79 bits per heavy atom. The Kier molecular flexibility index (Phi) is 5.13. The molecular formula is C24H24FN2O+. The molecule has 3 nitrogen and oxygen atoms in total. The fourth-order valence-corrected chi connectivity index (χ4v) is 3.66. The average molecular weight is 375 g/mol. The molecule has 0 bridgehead atoms. The van der Waals surface area contributed by atoms with Crippen molar-refractivity contribution >= 4 is 5.70 Å². The summed E-state index contributed by atoms with van der Waals surface area (Å²) in [6.07, 6.45) is 2.95. The van der Waals surface area contributed by atoms with Gasteiger partial charge in [-0.2, -0.15) is 0 Å². The Bertz CT molecular complexity index is 997. The average Bonchev–Trinajstić information content (AvgIpc) is 2.74. The summed E-state index contributed by atoms with van der Waals surface area (Å²) in [5.41, 5.74) is 5.04. The van der Waals surface area contributed by atoms with Gasteiger partial charge in [-0.1, -0.05) is 55.5 Å². The van der Waals surface area contributed by atoms with E-state index in [0.29, 0.717) is 0 Å². The number of halogens is 1. The van der Waals surface area contributed by atoms with E-state index >= 15 is 0 Å². The molecule has 0 fully saturated rings. The Morgan fingerprint density at radius 3 is 2.50 bits per heavy atom. The number of nitrogens with one attached hydrogen (secondary N) is 1. The quantitative estimate of drug-likeness (QED) is 0.645. The van der Waals surface area contributed by atoms with E-state index in [1.54, 1.807) is 18.2 Å². The van der Waals surface area contributed by atoms with E-state index in [1.165, 1.54) is 11.6 Å². The first-order chi connectivity index (χ1) is 13.6. The van der Waals surface area contributed by atoms with Gasteiger partial charge < -0.3 is 15.7 Å². The molecule has 0 aliphatic carbocycles. The fourth-order valence-electron chi connectivity index (χ4n) is 3.66. The van der Waals surface area contributed by atoms with Gasteiger partial charge in [-0.15, -0.1) is 0 Å². The fraction of sp³-hybridized carbons (Fsp3) is 0.167. The van der Waals surface area contributed by atoms with Gasteiger partial charge in [0.2, 0.25) is 0 Å². The molecule has 142 valence electrons. The third kappa shape index (κ3) is 3.78. The number of aryl methyl sites for hydroxylation is 1. The van der Waals surface area contributed by atoms with E-state index in [2.05, 4.69) is 47.9 Å². The van der Waals surface area contributed by atoms with Crippen LogP contribution >= 0.6 is 0 Å². The molecule has 0 spiro atoms. The normalized spacial score (nSPS) is 19.0. The summed E-state index contributed by atoms with van der Waals surface area (Å²) in [6.45, 7) is 2.14. The molecule has 3 aromatic rings. The van der Waals surface area contributed by atoms with Gasteiger partial charge in [0.05, 0.1) is 5.56 Å². The maximum absolute atomic E-state index is 13.8. The van der Waals surface area contributed by atoms with Crippen LogP contribution in [0.5, 0.6) is 5.75 Å². The van der Waals surface area contributed by atoms with Crippen molar-refractivity contribution in [2.75, 3.05) is 0 Å². The van der Waals surface area contributed by atoms with Crippen LogP contribution in [-0.4, -0.2) is 5.11 Å². The van der Waals surface area contributed by atoms with Crippen LogP contribution in [0.25, 0.3) is 5.70 Å². The van der Waals surface area contributed by atoms with Crippen molar-refractivity contribution in [2.45, 2.75) is 25.6 Å². The zero-order chi connectivity index (χ0) is 19.5. The van der Waals surface area contributed by atoms with Crippen LogP contribution in [-0.2, 0) is 6.42 Å². The highest BCUT2D eigenvalue weighted by molar-refractivity contribution is 5.66. The summed E-state index contributed by atoms with van der Waals surface area (Å²) < 4.78 is 13.8. The number of nitrogens with two attached hydrogens (primary N) is 1. The van der Waals surface area contributed by atoms with Crippen molar-refractivity contribution in [1.29, 1.82) is 0 Å². The molecule has 2 unspecified atom stereocenters. The first kappa shape index (κ1) is 18.3. The maximum Gasteiger partial charge on any atom is 0.186 e. The molecule has 4 rings (SSSR count). The van der Waals surface area contributed by atoms with Crippen LogP contribution in [0.15, 0.2) is 78.9 Å². The number of rotatable bonds is 4. The lowest BCUT2D eigenvalue weighted by atomic mass is 9.97. The molecule has 0 radical (unpaired) electrons. The van der Waals surface area contributed by atoms with Crippen LogP contribution in [0, 0.1) is 5.82 Å². The van der Waals surface area contributed by atoms with Crippen molar-refractivity contribution < 1.29 is 14.8 Å². The minimum absolute atomic E-state index is 0.0865. The zero-order valence-electron chi connectivity index (χ0n) is 15.8. The topological polar surface area (TPSA) is 48.9 Å². The first-order valence-corrected chi connectivity index (χ1v) is 9.60. The van der Waals surface area contributed by atoms with Crippen LogP contribution in [0.1, 0.15) is 41.4 Å². The van der Waals surface area contributed by atoms with E-state index in [9.17, 15) is 9.50 Å². The number of hydrogen-bond donors (Lipinski definition) is 3. The number of hydrogen-bond acceptors (Lipinski definition) is 2. The first-order valence-electron chi connectivity index (χ1n) is 9.60. The van der Waals surface area contributed by atoms with Crippen LogP contribution in [0.4, 0.5) is 4.39 Å². The van der Waals surface area contributed by atoms with Crippen molar-refractivity contribution in [3.63, 3.8) is 0 Å². The summed E-state index contributed by atoms with van der Waals surface area (Å²) in [7, 11) is 0. The molecule has 0 aromatic heterocycles. The molecule has 4 N–H and O–H groups in total. The lowest BCUT2D eigenvalue weighted by Gasteiger charge is -2.30. The lowest BCUT2D eigenvalue weighted by Crippen LogP contribution is -2.89. The van der Waals surface area contributed by atoms with Gasteiger partial charge in [0, 0.05) is 17.3 Å². The van der Waals surface area contributed by atoms with Gasteiger partial charge >= 0.3 is 0 Å². The summed E-state index contributed by atoms with van der Waals surface area (Å²) in [6, 6.07) is 22.4. The number of phenolic OH excluding ortho intramolecular Hbond substituents is 1. The molecule has 0 saturated carbocycles. The van der Waals surface area contributed by atoms with E-state index < -0.39 is 0 Å². The monoisotopic (exact) mass is 375 g/mol. The third-order valence-corrected chi connectivity index (χ3v) is 5.23. The number of para-hydroxylation sites is 1. The number of aromatic hydroxyl groups is 1. The Morgan fingerprint density at radius 1 is 1.00 bits per heavy atom. The maximum atomic E-state index is 13.8. The largest absolute Gasteiger partial charge is 0.507 e. The van der Waals surface area contributed by atoms with E-state index in [0.717, 1.165) is 28.8 Å². The molecule has 3 aromatic carbocycles. The highest BCUT2D eigenvalue weighted by Gasteiger charge is 2.29. The lowest BCUT2D eigenvalue weighted by molar-refractivity contribution is -0.731. The molecule has 1 aliphatic heterocycles. The zero-order valence-corrected chi connectivity index (χ0v) is 15.8. The van der Waals surface area contributed by atoms with Gasteiger partial charge in [-0.3, -0.25) is 0 Å². The predicted octanol–water partition coefficient (Wildman–Crippen LogP) is 4.04. The smallest absolute Gasteiger partial charge is 0.186 e. The van der Waals surface area contributed by atoms with E-state index in [4.69, 9.17) is 0 Å². The summed E-state index contributed by atoms with van der Waals surface area (Å²) in [5.74, 6) is 0.00998. The SMILES string of the molecule is CCc1ccc(C2=CC(c3ccccc3O)[NH2+]C(c3cccc(F)c3)N2)cc1. The third-order valence-electron chi connectivity index (χ3n) is 5.23. The molecule has 4 heteroatoms. The number of benzene rings is 3. The van der Waals surface area contributed by atoms with Gasteiger partial charge in [-0.05, 0) is 41.8 Å². The molecule has 0 amide bonds.